The zero-order chi connectivity index (χ0) is 14.6. The van der Waals surface area contributed by atoms with Crippen molar-refractivity contribution in [3.8, 4) is 0 Å². The van der Waals surface area contributed by atoms with E-state index in [1.807, 2.05) is 24.3 Å². The van der Waals surface area contributed by atoms with Crippen LogP contribution < -0.4 is 0 Å². The molecule has 1 aromatic carbocycles. The molecule has 6 heteroatoms. The standard InChI is InChI=1S/C14H14F3NOS/c15-14(16,17)12(19)8-2-1-3-9-13-18-10-6-4-5-7-11(10)20-13/h4-7H,1-3,8-9H2. The number of alkyl halides is 3. The molecule has 0 spiro atoms. The Kier molecular flexibility index (Phi) is 4.75. The number of nitrogens with zero attached hydrogens (tertiary/aromatic N) is 1. The van der Waals surface area contributed by atoms with Crippen molar-refractivity contribution >= 4 is 27.3 Å². The number of thiazole rings is 1. The highest BCUT2D eigenvalue weighted by molar-refractivity contribution is 7.18. The van der Waals surface area contributed by atoms with Crippen LogP contribution in [0.15, 0.2) is 24.3 Å². The third-order valence-corrected chi connectivity index (χ3v) is 4.05. The molecule has 2 nitrogen and oxygen atoms in total. The molecule has 0 atom stereocenters. The number of rotatable bonds is 6. The predicted octanol–water partition coefficient (Wildman–Crippen LogP) is 4.53. The minimum absolute atomic E-state index is 0.281. The lowest BCUT2D eigenvalue weighted by molar-refractivity contribution is -0.171. The predicted molar refractivity (Wildman–Crippen MR) is 72.9 cm³/mol. The summed E-state index contributed by atoms with van der Waals surface area (Å²) in [6, 6.07) is 7.82. The van der Waals surface area contributed by atoms with Gasteiger partial charge in [-0.15, -0.1) is 11.3 Å². The molecule has 0 radical (unpaired) electrons. The van der Waals surface area contributed by atoms with Gasteiger partial charge in [-0.2, -0.15) is 13.2 Å². The number of halogens is 3. The van der Waals surface area contributed by atoms with Gasteiger partial charge in [-0.3, -0.25) is 4.79 Å². The number of aromatic nitrogens is 1. The van der Waals surface area contributed by atoms with Crippen molar-refractivity contribution < 1.29 is 18.0 Å². The number of carbonyl (C=O) groups is 1. The van der Waals surface area contributed by atoms with Gasteiger partial charge in [-0.25, -0.2) is 4.98 Å². The van der Waals surface area contributed by atoms with Gasteiger partial charge in [0.2, 0.25) is 5.78 Å². The van der Waals surface area contributed by atoms with Gasteiger partial charge in [0.05, 0.1) is 15.2 Å². The second-order valence-electron chi connectivity index (χ2n) is 4.56. The van der Waals surface area contributed by atoms with Gasteiger partial charge in [-0.1, -0.05) is 18.6 Å². The summed E-state index contributed by atoms with van der Waals surface area (Å²) in [6.07, 6.45) is -2.71. The monoisotopic (exact) mass is 301 g/mol. The van der Waals surface area contributed by atoms with Crippen molar-refractivity contribution in [2.75, 3.05) is 0 Å². The van der Waals surface area contributed by atoms with Crippen LogP contribution in [0.5, 0.6) is 0 Å². The first kappa shape index (κ1) is 15.0. The highest BCUT2D eigenvalue weighted by Gasteiger charge is 2.36. The van der Waals surface area contributed by atoms with Crippen LogP contribution in [0.25, 0.3) is 10.2 Å². The number of fused-ring (bicyclic) bond motifs is 1. The Morgan fingerprint density at radius 3 is 2.60 bits per heavy atom. The van der Waals surface area contributed by atoms with Gasteiger partial charge in [0.25, 0.3) is 0 Å². The number of benzene rings is 1. The van der Waals surface area contributed by atoms with Crippen molar-refractivity contribution in [1.82, 2.24) is 4.98 Å². The highest BCUT2D eigenvalue weighted by atomic mass is 32.1. The number of ketones is 1. The molecular weight excluding hydrogens is 287 g/mol. The molecule has 2 rings (SSSR count). The second kappa shape index (κ2) is 6.35. The third-order valence-electron chi connectivity index (χ3n) is 2.95. The van der Waals surface area contributed by atoms with Crippen LogP contribution in [0.1, 0.15) is 30.7 Å². The normalized spacial score (nSPS) is 11.9. The summed E-state index contributed by atoms with van der Waals surface area (Å²) in [4.78, 5) is 15.1. The number of hydrogen-bond acceptors (Lipinski definition) is 3. The average molecular weight is 301 g/mol. The lowest BCUT2D eigenvalue weighted by atomic mass is 10.1. The Morgan fingerprint density at radius 2 is 1.90 bits per heavy atom. The number of Topliss-reactive ketones (excluding diaryl/α,β-unsaturated/α-hetero) is 1. The molecule has 108 valence electrons. The summed E-state index contributed by atoms with van der Waals surface area (Å²) in [5.74, 6) is -1.63. The van der Waals surface area contributed by atoms with E-state index in [9.17, 15) is 18.0 Å². The molecule has 0 aliphatic rings. The molecule has 0 bridgehead atoms. The summed E-state index contributed by atoms with van der Waals surface area (Å²) in [5.41, 5.74) is 0.958. The molecule has 20 heavy (non-hydrogen) atoms. The number of aryl methyl sites for hydroxylation is 1. The Morgan fingerprint density at radius 1 is 1.15 bits per heavy atom. The maximum Gasteiger partial charge on any atom is 0.449 e. The maximum atomic E-state index is 12.0. The van der Waals surface area contributed by atoms with Gasteiger partial charge in [-0.05, 0) is 31.4 Å². The quantitative estimate of drug-likeness (QED) is 0.734. The van der Waals surface area contributed by atoms with E-state index in [4.69, 9.17) is 0 Å². The molecule has 1 aromatic heterocycles. The van der Waals surface area contributed by atoms with Crippen LogP contribution >= 0.6 is 11.3 Å². The first-order valence-electron chi connectivity index (χ1n) is 6.41. The fourth-order valence-electron chi connectivity index (χ4n) is 1.91. The van der Waals surface area contributed by atoms with Crippen LogP contribution in [0.3, 0.4) is 0 Å². The Labute approximate surface area is 118 Å². The Balaban J connectivity index is 1.72. The lowest BCUT2D eigenvalue weighted by Crippen LogP contribution is -2.22. The molecule has 0 fully saturated rings. The molecule has 0 aliphatic carbocycles. The zero-order valence-electron chi connectivity index (χ0n) is 10.7. The summed E-state index contributed by atoms with van der Waals surface area (Å²) in [7, 11) is 0. The van der Waals surface area contributed by atoms with Crippen LogP contribution in [-0.4, -0.2) is 16.9 Å². The van der Waals surface area contributed by atoms with E-state index in [2.05, 4.69) is 4.98 Å². The minimum Gasteiger partial charge on any atom is -0.290 e. The zero-order valence-corrected chi connectivity index (χ0v) is 11.6. The summed E-state index contributed by atoms with van der Waals surface area (Å²) >= 11 is 1.61. The van der Waals surface area contributed by atoms with Crippen molar-refractivity contribution in [3.05, 3.63) is 29.3 Å². The van der Waals surface area contributed by atoms with E-state index >= 15 is 0 Å². The van der Waals surface area contributed by atoms with Gasteiger partial charge < -0.3 is 0 Å². The summed E-state index contributed by atoms with van der Waals surface area (Å²) in [6.45, 7) is 0. The number of hydrogen-bond donors (Lipinski definition) is 0. The molecule has 0 amide bonds. The van der Waals surface area contributed by atoms with E-state index in [1.165, 1.54) is 0 Å². The van der Waals surface area contributed by atoms with Crippen molar-refractivity contribution in [3.63, 3.8) is 0 Å². The molecule has 0 saturated heterocycles. The average Bonchev–Trinajstić information content (AvgIpc) is 2.79. The molecule has 0 aliphatic heterocycles. The molecule has 1 heterocycles. The fraction of sp³-hybridized carbons (Fsp3) is 0.429. The van der Waals surface area contributed by atoms with Gasteiger partial charge in [0, 0.05) is 6.42 Å². The van der Waals surface area contributed by atoms with Crippen LogP contribution in [0.4, 0.5) is 13.2 Å². The molecule has 0 unspecified atom stereocenters. The highest BCUT2D eigenvalue weighted by Crippen LogP contribution is 2.23. The minimum atomic E-state index is -4.69. The van der Waals surface area contributed by atoms with Crippen molar-refractivity contribution in [2.24, 2.45) is 0 Å². The molecular formula is C14H14F3NOS. The lowest BCUT2D eigenvalue weighted by Gasteiger charge is -2.04. The third kappa shape index (κ3) is 4.03. The van der Waals surface area contributed by atoms with Crippen molar-refractivity contribution in [2.45, 2.75) is 38.3 Å². The Hall–Kier alpha value is -1.43. The van der Waals surface area contributed by atoms with Gasteiger partial charge in [0.15, 0.2) is 0 Å². The fourth-order valence-corrected chi connectivity index (χ4v) is 2.92. The Bertz CT molecular complexity index is 558. The number of carbonyl (C=O) groups excluding carboxylic acids is 1. The van der Waals surface area contributed by atoms with E-state index in [0.717, 1.165) is 28.1 Å². The van der Waals surface area contributed by atoms with E-state index < -0.39 is 18.4 Å². The smallest absolute Gasteiger partial charge is 0.290 e. The first-order chi connectivity index (χ1) is 9.47. The topological polar surface area (TPSA) is 30.0 Å². The number of para-hydroxylation sites is 1. The largest absolute Gasteiger partial charge is 0.449 e. The van der Waals surface area contributed by atoms with E-state index in [1.54, 1.807) is 11.3 Å². The summed E-state index contributed by atoms with van der Waals surface area (Å²) in [5, 5.41) is 0.994. The van der Waals surface area contributed by atoms with E-state index in [-0.39, 0.29) is 6.42 Å². The van der Waals surface area contributed by atoms with Gasteiger partial charge >= 0.3 is 6.18 Å². The molecule has 2 aromatic rings. The molecule has 0 saturated carbocycles. The first-order valence-corrected chi connectivity index (χ1v) is 7.23. The van der Waals surface area contributed by atoms with E-state index in [0.29, 0.717) is 6.42 Å². The van der Waals surface area contributed by atoms with Crippen LogP contribution in [0, 0.1) is 0 Å². The molecule has 0 N–H and O–H groups in total. The summed E-state index contributed by atoms with van der Waals surface area (Å²) < 4.78 is 37.1. The van der Waals surface area contributed by atoms with Crippen molar-refractivity contribution in [1.29, 1.82) is 0 Å². The second-order valence-corrected chi connectivity index (χ2v) is 5.67. The SMILES string of the molecule is O=C(CCCCCc1nc2ccccc2s1)C(F)(F)F. The maximum absolute atomic E-state index is 12.0. The number of unbranched alkanes of at least 4 members (excludes halogenated alkanes) is 2. The van der Waals surface area contributed by atoms with Crippen LogP contribution in [0.2, 0.25) is 0 Å². The van der Waals surface area contributed by atoms with Crippen LogP contribution in [-0.2, 0) is 11.2 Å². The van der Waals surface area contributed by atoms with Gasteiger partial charge in [0.1, 0.15) is 0 Å².